The SMILES string of the molecule is CCOC(=O)c1ccc(N2C[C@@]34C=C[C@H](O3)[C@@H](C(=O)O)[C@H]4C2=O)cc1. The van der Waals surface area contributed by atoms with Gasteiger partial charge in [-0.15, -0.1) is 0 Å². The average molecular weight is 343 g/mol. The quantitative estimate of drug-likeness (QED) is 0.653. The number of hydrogen-bond acceptors (Lipinski definition) is 5. The Balaban J connectivity index is 1.61. The zero-order valence-corrected chi connectivity index (χ0v) is 13.5. The summed E-state index contributed by atoms with van der Waals surface area (Å²) in [5.74, 6) is -3.28. The molecule has 3 aliphatic heterocycles. The molecule has 0 radical (unpaired) electrons. The largest absolute Gasteiger partial charge is 0.481 e. The van der Waals surface area contributed by atoms with Crippen LogP contribution in [0.15, 0.2) is 36.4 Å². The lowest BCUT2D eigenvalue weighted by Gasteiger charge is -2.21. The highest BCUT2D eigenvalue weighted by Gasteiger charge is 2.67. The molecule has 1 amide bonds. The molecule has 4 atom stereocenters. The molecule has 130 valence electrons. The molecule has 0 unspecified atom stereocenters. The van der Waals surface area contributed by atoms with Gasteiger partial charge in [0.25, 0.3) is 0 Å². The van der Waals surface area contributed by atoms with E-state index in [9.17, 15) is 19.5 Å². The summed E-state index contributed by atoms with van der Waals surface area (Å²) in [6.45, 7) is 2.29. The normalized spacial score (nSPS) is 32.1. The molecule has 7 heteroatoms. The summed E-state index contributed by atoms with van der Waals surface area (Å²) in [5, 5.41) is 9.47. The van der Waals surface area contributed by atoms with Crippen LogP contribution in [-0.2, 0) is 19.1 Å². The molecule has 1 aromatic rings. The first-order valence-corrected chi connectivity index (χ1v) is 8.15. The van der Waals surface area contributed by atoms with E-state index in [2.05, 4.69) is 0 Å². The van der Waals surface area contributed by atoms with Gasteiger partial charge in [-0.2, -0.15) is 0 Å². The van der Waals surface area contributed by atoms with Crippen LogP contribution in [0.4, 0.5) is 5.69 Å². The Hall–Kier alpha value is -2.67. The Bertz CT molecular complexity index is 785. The molecule has 0 aliphatic carbocycles. The van der Waals surface area contributed by atoms with Gasteiger partial charge in [-0.05, 0) is 31.2 Å². The van der Waals surface area contributed by atoms with Gasteiger partial charge in [0.2, 0.25) is 5.91 Å². The number of carbonyl (C=O) groups excluding carboxylic acids is 2. The Labute approximate surface area is 143 Å². The lowest BCUT2D eigenvalue weighted by molar-refractivity contribution is -0.146. The second-order valence-corrected chi connectivity index (χ2v) is 6.43. The number of amides is 1. The van der Waals surface area contributed by atoms with E-state index in [1.807, 2.05) is 6.08 Å². The van der Waals surface area contributed by atoms with Gasteiger partial charge in [0, 0.05) is 5.69 Å². The van der Waals surface area contributed by atoms with Crippen LogP contribution < -0.4 is 4.90 Å². The minimum atomic E-state index is -1.02. The molecule has 3 aliphatic rings. The summed E-state index contributed by atoms with van der Waals surface area (Å²) in [4.78, 5) is 37.7. The minimum absolute atomic E-state index is 0.261. The Kier molecular flexibility index (Phi) is 3.43. The fraction of sp³-hybridized carbons (Fsp3) is 0.389. The van der Waals surface area contributed by atoms with Crippen LogP contribution in [0.1, 0.15) is 17.3 Å². The molecule has 2 fully saturated rings. The van der Waals surface area contributed by atoms with Crippen LogP contribution in [-0.4, -0.2) is 47.8 Å². The van der Waals surface area contributed by atoms with Crippen molar-refractivity contribution in [2.24, 2.45) is 11.8 Å². The average Bonchev–Trinajstić information content (AvgIpc) is 3.23. The smallest absolute Gasteiger partial charge is 0.338 e. The zero-order valence-electron chi connectivity index (χ0n) is 13.5. The Morgan fingerprint density at radius 2 is 2.08 bits per heavy atom. The monoisotopic (exact) mass is 343 g/mol. The molecule has 0 saturated carbocycles. The summed E-state index contributed by atoms with van der Waals surface area (Å²) in [5.41, 5.74) is 0.132. The fourth-order valence-electron chi connectivity index (χ4n) is 3.99. The van der Waals surface area contributed by atoms with Gasteiger partial charge in [-0.3, -0.25) is 9.59 Å². The van der Waals surface area contributed by atoms with E-state index in [-0.39, 0.29) is 19.1 Å². The fourth-order valence-corrected chi connectivity index (χ4v) is 3.99. The van der Waals surface area contributed by atoms with Crippen molar-refractivity contribution >= 4 is 23.5 Å². The molecule has 1 N–H and O–H groups in total. The van der Waals surface area contributed by atoms with E-state index in [1.165, 1.54) is 4.90 Å². The zero-order chi connectivity index (χ0) is 17.8. The van der Waals surface area contributed by atoms with Gasteiger partial charge in [-0.1, -0.05) is 12.2 Å². The van der Waals surface area contributed by atoms with Crippen molar-refractivity contribution in [2.75, 3.05) is 18.1 Å². The van der Waals surface area contributed by atoms with Gasteiger partial charge in [0.15, 0.2) is 0 Å². The predicted molar refractivity (Wildman–Crippen MR) is 86.1 cm³/mol. The highest BCUT2D eigenvalue weighted by molar-refractivity contribution is 6.02. The maximum absolute atomic E-state index is 12.9. The van der Waals surface area contributed by atoms with Crippen LogP contribution in [0.5, 0.6) is 0 Å². The van der Waals surface area contributed by atoms with E-state index < -0.39 is 35.5 Å². The summed E-state index contributed by atoms with van der Waals surface area (Å²) < 4.78 is 10.8. The van der Waals surface area contributed by atoms with Crippen molar-refractivity contribution in [1.82, 2.24) is 0 Å². The lowest BCUT2D eigenvalue weighted by atomic mass is 9.77. The maximum Gasteiger partial charge on any atom is 0.338 e. The molecule has 3 heterocycles. The van der Waals surface area contributed by atoms with Crippen LogP contribution in [0, 0.1) is 11.8 Å². The lowest BCUT2D eigenvalue weighted by Crippen LogP contribution is -2.39. The number of fused-ring (bicyclic) bond motifs is 1. The van der Waals surface area contributed by atoms with Crippen molar-refractivity contribution in [2.45, 2.75) is 18.6 Å². The molecule has 7 nitrogen and oxygen atoms in total. The van der Waals surface area contributed by atoms with Crippen molar-refractivity contribution in [3.05, 3.63) is 42.0 Å². The third kappa shape index (κ3) is 2.19. The molecule has 1 aromatic carbocycles. The van der Waals surface area contributed by atoms with E-state index in [1.54, 1.807) is 37.3 Å². The molecule has 0 aromatic heterocycles. The number of rotatable bonds is 4. The summed E-state index contributed by atoms with van der Waals surface area (Å²) in [6, 6.07) is 6.51. The first kappa shape index (κ1) is 15.8. The number of benzene rings is 1. The van der Waals surface area contributed by atoms with Gasteiger partial charge >= 0.3 is 11.9 Å². The highest BCUT2D eigenvalue weighted by atomic mass is 16.5. The number of aliphatic carboxylic acids is 1. The highest BCUT2D eigenvalue weighted by Crippen LogP contribution is 2.52. The summed E-state index contributed by atoms with van der Waals surface area (Å²) >= 11 is 0. The number of carboxylic acids is 1. The maximum atomic E-state index is 12.9. The second kappa shape index (κ2) is 5.42. The van der Waals surface area contributed by atoms with Crippen LogP contribution in [0.25, 0.3) is 0 Å². The topological polar surface area (TPSA) is 93.1 Å². The van der Waals surface area contributed by atoms with Crippen molar-refractivity contribution in [1.29, 1.82) is 0 Å². The van der Waals surface area contributed by atoms with Gasteiger partial charge < -0.3 is 19.5 Å². The van der Waals surface area contributed by atoms with E-state index in [0.717, 1.165) is 0 Å². The molecule has 4 rings (SSSR count). The second-order valence-electron chi connectivity index (χ2n) is 6.43. The van der Waals surface area contributed by atoms with E-state index >= 15 is 0 Å². The number of ether oxygens (including phenoxy) is 2. The van der Waals surface area contributed by atoms with Crippen LogP contribution >= 0.6 is 0 Å². The number of nitrogens with zero attached hydrogens (tertiary/aromatic N) is 1. The van der Waals surface area contributed by atoms with E-state index in [4.69, 9.17) is 9.47 Å². The molecule has 2 bridgehead atoms. The number of anilines is 1. The van der Waals surface area contributed by atoms with Crippen molar-refractivity contribution in [3.8, 4) is 0 Å². The van der Waals surface area contributed by atoms with Crippen molar-refractivity contribution in [3.63, 3.8) is 0 Å². The molecular formula is C18H17NO6. The van der Waals surface area contributed by atoms with Gasteiger partial charge in [0.1, 0.15) is 11.5 Å². The minimum Gasteiger partial charge on any atom is -0.481 e. The van der Waals surface area contributed by atoms with Gasteiger partial charge in [-0.25, -0.2) is 4.79 Å². The number of hydrogen-bond donors (Lipinski definition) is 1. The number of esters is 1. The molecular weight excluding hydrogens is 326 g/mol. The standard InChI is InChI=1S/C18H17NO6/c1-2-24-17(23)10-3-5-11(6-4-10)19-9-18-8-7-12(25-18)13(16(21)22)14(18)15(19)20/h3-8,12-14H,2,9H2,1H3,(H,21,22)/t12-,13+,14-,18+/m0/s1. The first-order chi connectivity index (χ1) is 12.0. The third-order valence-corrected chi connectivity index (χ3v) is 5.08. The number of carbonyl (C=O) groups is 3. The van der Waals surface area contributed by atoms with Gasteiger partial charge in [0.05, 0.1) is 30.7 Å². The Morgan fingerprint density at radius 1 is 1.36 bits per heavy atom. The summed E-state index contributed by atoms with van der Waals surface area (Å²) in [6.07, 6.45) is 3.00. The molecule has 25 heavy (non-hydrogen) atoms. The Morgan fingerprint density at radius 3 is 2.72 bits per heavy atom. The van der Waals surface area contributed by atoms with Crippen molar-refractivity contribution < 1.29 is 29.0 Å². The van der Waals surface area contributed by atoms with Crippen LogP contribution in [0.2, 0.25) is 0 Å². The van der Waals surface area contributed by atoms with E-state index in [0.29, 0.717) is 11.3 Å². The number of carboxylic acid groups (broad SMARTS) is 1. The van der Waals surface area contributed by atoms with Crippen LogP contribution in [0.3, 0.4) is 0 Å². The summed E-state index contributed by atoms with van der Waals surface area (Å²) in [7, 11) is 0. The predicted octanol–water partition coefficient (Wildman–Crippen LogP) is 1.23. The first-order valence-electron chi connectivity index (χ1n) is 8.15. The third-order valence-electron chi connectivity index (χ3n) is 5.08. The molecule has 2 saturated heterocycles. The molecule has 1 spiro atoms.